The van der Waals surface area contributed by atoms with Crippen LogP contribution in [0.3, 0.4) is 0 Å². The average Bonchev–Trinajstić information content (AvgIpc) is 2.18. The molecule has 0 heterocycles. The highest BCUT2D eigenvalue weighted by molar-refractivity contribution is 5.65. The second kappa shape index (κ2) is 8.28. The van der Waals surface area contributed by atoms with Crippen LogP contribution in [0.1, 0.15) is 13.8 Å². The third-order valence-electron chi connectivity index (χ3n) is 1.29. The smallest absolute Gasteiger partial charge is 0.466 e. The fraction of sp³-hybridized carbons (Fsp3) is 0.273. The summed E-state index contributed by atoms with van der Waals surface area (Å²) in [4.78, 5) is 19.7. The zero-order valence-corrected chi connectivity index (χ0v) is 9.14. The van der Waals surface area contributed by atoms with Gasteiger partial charge in [0.2, 0.25) is 0 Å². The van der Waals surface area contributed by atoms with Crippen molar-refractivity contribution in [3.63, 3.8) is 0 Å². The minimum Gasteiger partial charge on any atom is -0.466 e. The summed E-state index contributed by atoms with van der Waals surface area (Å²) < 4.78 is 8.62. The largest absolute Gasteiger partial charge is 0.555 e. The molecule has 0 atom stereocenters. The molecule has 0 aliphatic rings. The van der Waals surface area contributed by atoms with Crippen LogP contribution in [0.4, 0.5) is 4.79 Å². The Bertz CT molecular complexity index is 320. The van der Waals surface area contributed by atoms with Crippen molar-refractivity contribution < 1.29 is 24.2 Å². The van der Waals surface area contributed by atoms with E-state index in [-0.39, 0.29) is 11.7 Å². The van der Waals surface area contributed by atoms with E-state index in [2.05, 4.69) is 9.47 Å². The van der Waals surface area contributed by atoms with Gasteiger partial charge in [0.15, 0.2) is 0 Å². The molecule has 0 unspecified atom stereocenters. The molecule has 0 spiro atoms. The summed E-state index contributed by atoms with van der Waals surface area (Å²) in [5, 5.41) is 9.84. The summed E-state index contributed by atoms with van der Waals surface area (Å²) in [6.45, 7) is 3.65. The Hall–Kier alpha value is -2.04. The van der Waals surface area contributed by atoms with E-state index in [9.17, 15) is 14.7 Å². The van der Waals surface area contributed by atoms with Crippen molar-refractivity contribution in [1.29, 1.82) is 0 Å². The molecule has 5 heteroatoms. The minimum atomic E-state index is -1.54. The molecule has 5 nitrogen and oxygen atoms in total. The van der Waals surface area contributed by atoms with Gasteiger partial charge in [0.05, 0.1) is 6.61 Å². The number of ether oxygens (including phenoxy) is 2. The normalized spacial score (nSPS) is 8.38. The van der Waals surface area contributed by atoms with Crippen molar-refractivity contribution in [1.82, 2.24) is 0 Å². The van der Waals surface area contributed by atoms with E-state index in [0.717, 1.165) is 0 Å². The van der Waals surface area contributed by atoms with Crippen molar-refractivity contribution in [2.75, 3.05) is 6.61 Å². The Morgan fingerprint density at radius 1 is 1.19 bits per heavy atom. The van der Waals surface area contributed by atoms with E-state index in [4.69, 9.17) is 0 Å². The molecular formula is C11H13O5. The number of rotatable bonds is 2. The Morgan fingerprint density at radius 2 is 1.75 bits per heavy atom. The topological polar surface area (TPSA) is 72.5 Å². The van der Waals surface area contributed by atoms with E-state index < -0.39 is 6.16 Å². The second-order valence-electron chi connectivity index (χ2n) is 2.59. The first-order valence-electron chi connectivity index (χ1n) is 4.63. The third-order valence-corrected chi connectivity index (χ3v) is 1.29. The number of esters is 1. The lowest BCUT2D eigenvalue weighted by atomic mass is 10.3. The molecular weight excluding hydrogens is 212 g/mol. The maximum atomic E-state index is 9.84. The van der Waals surface area contributed by atoms with Crippen LogP contribution in [0, 0.1) is 0 Å². The summed E-state index contributed by atoms with van der Waals surface area (Å²) in [5.41, 5.74) is 0. The lowest BCUT2D eigenvalue weighted by Gasteiger charge is -1.93. The van der Waals surface area contributed by atoms with Gasteiger partial charge in [-0.2, -0.15) is 9.90 Å². The van der Waals surface area contributed by atoms with Gasteiger partial charge in [-0.25, -0.2) is 0 Å². The van der Waals surface area contributed by atoms with Crippen molar-refractivity contribution in [3.8, 4) is 5.75 Å². The van der Waals surface area contributed by atoms with Crippen molar-refractivity contribution in [3.05, 3.63) is 30.3 Å². The third kappa shape index (κ3) is 8.55. The Balaban J connectivity index is 0.000000325. The van der Waals surface area contributed by atoms with Crippen LogP contribution in [-0.4, -0.2) is 18.7 Å². The lowest BCUT2D eigenvalue weighted by Crippen LogP contribution is -2.00. The lowest BCUT2D eigenvalue weighted by molar-refractivity contribution is -0.140. The van der Waals surface area contributed by atoms with Gasteiger partial charge in [-0.05, 0) is 19.1 Å². The predicted molar refractivity (Wildman–Crippen MR) is 55.5 cm³/mol. The zero-order valence-electron chi connectivity index (χ0n) is 9.14. The van der Waals surface area contributed by atoms with Crippen LogP contribution in [0.25, 0.3) is 0 Å². The van der Waals surface area contributed by atoms with Crippen LogP contribution in [0.2, 0.25) is 0 Å². The maximum absolute atomic E-state index is 9.84. The van der Waals surface area contributed by atoms with Crippen molar-refractivity contribution in [2.24, 2.45) is 0 Å². The minimum absolute atomic E-state index is 0.211. The zero-order chi connectivity index (χ0) is 12.4. The van der Waals surface area contributed by atoms with E-state index in [1.165, 1.54) is 19.1 Å². The summed E-state index contributed by atoms with van der Waals surface area (Å²) in [6.07, 6.45) is -1.54. The SMILES string of the molecule is CCOC(C)=O.[O]C(=O)Oc1ccccc1. The molecule has 1 radical (unpaired) electrons. The van der Waals surface area contributed by atoms with Gasteiger partial charge in [-0.15, -0.1) is 0 Å². The molecule has 0 N–H and O–H groups in total. The Morgan fingerprint density at radius 3 is 2.06 bits per heavy atom. The molecule has 1 aromatic carbocycles. The fourth-order valence-corrected chi connectivity index (χ4v) is 0.788. The van der Waals surface area contributed by atoms with Crippen LogP contribution < -0.4 is 4.74 Å². The molecule has 87 valence electrons. The van der Waals surface area contributed by atoms with Gasteiger partial charge >= 0.3 is 12.1 Å². The highest BCUT2D eigenvalue weighted by Gasteiger charge is 1.99. The summed E-state index contributed by atoms with van der Waals surface area (Å²) in [7, 11) is 0. The van der Waals surface area contributed by atoms with Crippen LogP contribution in [0.5, 0.6) is 5.75 Å². The molecule has 0 aromatic heterocycles. The van der Waals surface area contributed by atoms with E-state index in [1.54, 1.807) is 25.1 Å². The maximum Gasteiger partial charge on any atom is 0.555 e. The highest BCUT2D eigenvalue weighted by atomic mass is 16.7. The van der Waals surface area contributed by atoms with Crippen LogP contribution in [0.15, 0.2) is 30.3 Å². The van der Waals surface area contributed by atoms with Crippen molar-refractivity contribution >= 4 is 12.1 Å². The van der Waals surface area contributed by atoms with Crippen molar-refractivity contribution in [2.45, 2.75) is 13.8 Å². The summed E-state index contributed by atoms with van der Waals surface area (Å²) >= 11 is 0. The number of carbonyl (C=O) groups is 2. The molecule has 0 bridgehead atoms. The number of carbonyl (C=O) groups excluding carboxylic acids is 2. The van der Waals surface area contributed by atoms with Crippen LogP contribution in [-0.2, 0) is 14.6 Å². The first-order valence-corrected chi connectivity index (χ1v) is 4.63. The second-order valence-corrected chi connectivity index (χ2v) is 2.59. The Kier molecular flexibility index (Phi) is 7.23. The number of benzene rings is 1. The fourth-order valence-electron chi connectivity index (χ4n) is 0.788. The first kappa shape index (κ1) is 14.0. The summed E-state index contributed by atoms with van der Waals surface area (Å²) in [5.74, 6) is 0.0694. The molecule has 0 fully saturated rings. The van der Waals surface area contributed by atoms with Gasteiger partial charge in [-0.3, -0.25) is 4.79 Å². The van der Waals surface area contributed by atoms with E-state index in [1.807, 2.05) is 0 Å². The van der Waals surface area contributed by atoms with Gasteiger partial charge in [0, 0.05) is 6.92 Å². The molecule has 1 rings (SSSR count). The number of hydrogen-bond acceptors (Lipinski definition) is 4. The molecule has 0 saturated heterocycles. The monoisotopic (exact) mass is 225 g/mol. The number of para-hydroxylation sites is 1. The van der Waals surface area contributed by atoms with Crippen LogP contribution >= 0.6 is 0 Å². The summed E-state index contributed by atoms with van der Waals surface area (Å²) in [6, 6.07) is 8.20. The molecule has 16 heavy (non-hydrogen) atoms. The molecule has 0 aliphatic heterocycles. The highest BCUT2D eigenvalue weighted by Crippen LogP contribution is 2.07. The van der Waals surface area contributed by atoms with Gasteiger partial charge in [0.25, 0.3) is 0 Å². The molecule has 0 aliphatic carbocycles. The molecule has 0 saturated carbocycles. The van der Waals surface area contributed by atoms with Gasteiger partial charge in [-0.1, -0.05) is 18.2 Å². The predicted octanol–water partition coefficient (Wildman–Crippen LogP) is 2.19. The van der Waals surface area contributed by atoms with Gasteiger partial charge in [0.1, 0.15) is 5.75 Å². The standard InChI is InChI=1S/C7H5O3.C4H8O2/c8-7(9)10-6-4-2-1-3-5-6;1-3-6-4(2)5/h1-5H;3H2,1-2H3. The first-order chi connectivity index (χ1) is 7.56. The quantitative estimate of drug-likeness (QED) is 0.571. The molecule has 1 aromatic rings. The number of hydrogen-bond donors (Lipinski definition) is 0. The Labute approximate surface area is 93.6 Å². The van der Waals surface area contributed by atoms with E-state index in [0.29, 0.717) is 6.61 Å². The van der Waals surface area contributed by atoms with Gasteiger partial charge < -0.3 is 9.47 Å². The average molecular weight is 225 g/mol. The van der Waals surface area contributed by atoms with E-state index >= 15 is 0 Å². The molecule has 0 amide bonds.